The van der Waals surface area contributed by atoms with Gasteiger partial charge in [0.15, 0.2) is 0 Å². The van der Waals surface area contributed by atoms with E-state index >= 15 is 0 Å². The lowest BCUT2D eigenvalue weighted by atomic mass is 10.2. The van der Waals surface area contributed by atoms with E-state index in [2.05, 4.69) is 4.99 Å². The molecule has 0 unspecified atom stereocenters. The molecule has 154 valence electrons. The van der Waals surface area contributed by atoms with Gasteiger partial charge in [0.1, 0.15) is 5.02 Å². The third kappa shape index (κ3) is 4.41. The SMILES string of the molecule is CCOC(=O)c1cccc(-n2c(C)cc(C=Nc3ccc(Cl)c([N+](=O)[O-])c3)c2C)c1. The Labute approximate surface area is 178 Å². The molecule has 0 aliphatic carbocycles. The van der Waals surface area contributed by atoms with Gasteiger partial charge in [0.2, 0.25) is 0 Å². The average Bonchev–Trinajstić information content (AvgIpc) is 3.00. The molecule has 3 rings (SSSR count). The quantitative estimate of drug-likeness (QED) is 0.223. The lowest BCUT2D eigenvalue weighted by Gasteiger charge is -2.11. The van der Waals surface area contributed by atoms with Gasteiger partial charge in [-0.15, -0.1) is 0 Å². The topological polar surface area (TPSA) is 86.7 Å². The van der Waals surface area contributed by atoms with Crippen molar-refractivity contribution in [3.63, 3.8) is 0 Å². The first-order valence-electron chi connectivity index (χ1n) is 9.26. The molecule has 8 heteroatoms. The number of hydrogen-bond acceptors (Lipinski definition) is 5. The van der Waals surface area contributed by atoms with Crippen molar-refractivity contribution >= 4 is 35.2 Å². The first kappa shape index (κ1) is 21.3. The van der Waals surface area contributed by atoms with Gasteiger partial charge in [-0.25, -0.2) is 4.79 Å². The lowest BCUT2D eigenvalue weighted by Crippen LogP contribution is -2.06. The van der Waals surface area contributed by atoms with Gasteiger partial charge in [-0.05, 0) is 57.2 Å². The van der Waals surface area contributed by atoms with Gasteiger partial charge < -0.3 is 9.30 Å². The standard InChI is InChI=1S/C22H20ClN3O4/c1-4-30-22(27)16-6-5-7-19(11-16)25-14(2)10-17(15(25)3)13-24-18-8-9-20(23)21(12-18)26(28)29/h5-13H,4H2,1-3H3. The molecule has 0 aliphatic heterocycles. The maximum absolute atomic E-state index is 12.1. The lowest BCUT2D eigenvalue weighted by molar-refractivity contribution is -0.384. The number of nitro groups is 1. The molecule has 0 atom stereocenters. The number of carbonyl (C=O) groups excluding carboxylic acids is 1. The number of nitro benzene ring substituents is 1. The monoisotopic (exact) mass is 425 g/mol. The third-order valence-corrected chi connectivity index (χ3v) is 4.88. The second-order valence-electron chi connectivity index (χ2n) is 6.58. The van der Waals surface area contributed by atoms with Crippen LogP contribution >= 0.6 is 11.6 Å². The minimum Gasteiger partial charge on any atom is -0.462 e. The summed E-state index contributed by atoms with van der Waals surface area (Å²) in [5.74, 6) is -0.368. The molecular formula is C22H20ClN3O4. The van der Waals surface area contributed by atoms with Gasteiger partial charge in [-0.2, -0.15) is 0 Å². The maximum Gasteiger partial charge on any atom is 0.338 e. The highest BCUT2D eigenvalue weighted by Crippen LogP contribution is 2.29. The summed E-state index contributed by atoms with van der Waals surface area (Å²) in [5.41, 5.74) is 4.28. The van der Waals surface area contributed by atoms with Crippen LogP contribution in [0.2, 0.25) is 5.02 Å². The number of nitrogens with zero attached hydrogens (tertiary/aromatic N) is 3. The Hall–Kier alpha value is -3.45. The largest absolute Gasteiger partial charge is 0.462 e. The summed E-state index contributed by atoms with van der Waals surface area (Å²) in [7, 11) is 0. The van der Waals surface area contributed by atoms with E-state index in [1.165, 1.54) is 12.1 Å². The summed E-state index contributed by atoms with van der Waals surface area (Å²) in [5, 5.41) is 11.1. The fourth-order valence-electron chi connectivity index (χ4n) is 3.17. The Morgan fingerprint density at radius 3 is 2.70 bits per heavy atom. The molecule has 0 spiro atoms. The first-order valence-corrected chi connectivity index (χ1v) is 9.64. The van der Waals surface area contributed by atoms with Gasteiger partial charge in [0.25, 0.3) is 5.69 Å². The number of rotatable bonds is 6. The van der Waals surface area contributed by atoms with Crippen LogP contribution in [0.1, 0.15) is 34.2 Å². The van der Waals surface area contributed by atoms with Gasteiger partial charge >= 0.3 is 5.97 Å². The van der Waals surface area contributed by atoms with Crippen molar-refractivity contribution in [1.82, 2.24) is 4.57 Å². The van der Waals surface area contributed by atoms with Gasteiger partial charge in [-0.1, -0.05) is 17.7 Å². The fraction of sp³-hybridized carbons (Fsp3) is 0.182. The zero-order chi connectivity index (χ0) is 21.8. The number of hydrogen-bond donors (Lipinski definition) is 0. The molecule has 0 fully saturated rings. The minimum absolute atomic E-state index is 0.0682. The number of aliphatic imine (C=N–C) groups is 1. The van der Waals surface area contributed by atoms with Crippen LogP contribution in [0.4, 0.5) is 11.4 Å². The number of aryl methyl sites for hydroxylation is 1. The molecule has 0 amide bonds. The van der Waals surface area contributed by atoms with E-state index in [1.54, 1.807) is 37.4 Å². The zero-order valence-electron chi connectivity index (χ0n) is 16.8. The van der Waals surface area contributed by atoms with Crippen LogP contribution in [-0.4, -0.2) is 28.3 Å². The van der Waals surface area contributed by atoms with Crippen molar-refractivity contribution in [3.8, 4) is 5.69 Å². The van der Waals surface area contributed by atoms with Gasteiger partial charge in [0.05, 0.1) is 22.8 Å². The van der Waals surface area contributed by atoms with Crippen molar-refractivity contribution in [2.24, 2.45) is 4.99 Å². The normalized spacial score (nSPS) is 11.1. The zero-order valence-corrected chi connectivity index (χ0v) is 17.5. The fourth-order valence-corrected chi connectivity index (χ4v) is 3.35. The number of halogens is 1. The third-order valence-electron chi connectivity index (χ3n) is 4.56. The van der Waals surface area contributed by atoms with E-state index in [4.69, 9.17) is 16.3 Å². The van der Waals surface area contributed by atoms with Crippen LogP contribution in [0.3, 0.4) is 0 Å². The molecule has 1 aromatic heterocycles. The summed E-state index contributed by atoms with van der Waals surface area (Å²) in [6.45, 7) is 5.97. The molecule has 0 saturated heterocycles. The molecule has 3 aromatic rings. The number of carbonyl (C=O) groups is 1. The van der Waals surface area contributed by atoms with E-state index in [9.17, 15) is 14.9 Å². The van der Waals surface area contributed by atoms with Gasteiger partial charge in [-0.3, -0.25) is 15.1 Å². The summed E-state index contributed by atoms with van der Waals surface area (Å²) >= 11 is 5.85. The second-order valence-corrected chi connectivity index (χ2v) is 6.99. The molecule has 0 aliphatic rings. The van der Waals surface area contributed by atoms with Crippen LogP contribution in [0.15, 0.2) is 53.5 Å². The van der Waals surface area contributed by atoms with Crippen molar-refractivity contribution in [2.45, 2.75) is 20.8 Å². The predicted molar refractivity (Wildman–Crippen MR) is 117 cm³/mol. The highest BCUT2D eigenvalue weighted by atomic mass is 35.5. The summed E-state index contributed by atoms with van der Waals surface area (Å²) in [4.78, 5) is 26.9. The van der Waals surface area contributed by atoms with Crippen molar-refractivity contribution < 1.29 is 14.5 Å². The number of benzene rings is 2. The highest BCUT2D eigenvalue weighted by Gasteiger charge is 2.14. The Bertz CT molecular complexity index is 1150. The van der Waals surface area contributed by atoms with Crippen LogP contribution in [-0.2, 0) is 4.74 Å². The summed E-state index contributed by atoms with van der Waals surface area (Å²) in [6, 6.07) is 13.6. The molecule has 0 bridgehead atoms. The van der Waals surface area contributed by atoms with Gasteiger partial charge in [0, 0.05) is 34.9 Å². The molecule has 30 heavy (non-hydrogen) atoms. The van der Waals surface area contributed by atoms with E-state index in [0.717, 1.165) is 22.6 Å². The second kappa shape index (κ2) is 8.92. The van der Waals surface area contributed by atoms with Crippen LogP contribution in [0, 0.1) is 24.0 Å². The Morgan fingerprint density at radius 2 is 2.00 bits per heavy atom. The number of aromatic nitrogens is 1. The summed E-state index contributed by atoms with van der Waals surface area (Å²) in [6.07, 6.45) is 1.65. The maximum atomic E-state index is 12.1. The molecule has 2 aromatic carbocycles. The van der Waals surface area contributed by atoms with Crippen LogP contribution in [0.5, 0.6) is 0 Å². The van der Waals surface area contributed by atoms with Crippen molar-refractivity contribution in [3.05, 3.63) is 86.2 Å². The molecule has 0 radical (unpaired) electrons. The molecule has 0 saturated carbocycles. The number of ether oxygens (including phenoxy) is 1. The van der Waals surface area contributed by atoms with E-state index in [1.807, 2.05) is 30.5 Å². The Morgan fingerprint density at radius 1 is 1.23 bits per heavy atom. The molecule has 0 N–H and O–H groups in total. The Balaban J connectivity index is 1.94. The van der Waals surface area contributed by atoms with Crippen molar-refractivity contribution in [1.29, 1.82) is 0 Å². The van der Waals surface area contributed by atoms with E-state index in [0.29, 0.717) is 17.9 Å². The van der Waals surface area contributed by atoms with Crippen LogP contribution < -0.4 is 0 Å². The smallest absolute Gasteiger partial charge is 0.338 e. The summed E-state index contributed by atoms with van der Waals surface area (Å²) < 4.78 is 7.09. The molecule has 7 nitrogen and oxygen atoms in total. The van der Waals surface area contributed by atoms with E-state index < -0.39 is 4.92 Å². The number of esters is 1. The van der Waals surface area contributed by atoms with E-state index in [-0.39, 0.29) is 16.7 Å². The molecule has 1 heterocycles. The minimum atomic E-state index is -0.538. The first-order chi connectivity index (χ1) is 14.3. The van der Waals surface area contributed by atoms with Crippen molar-refractivity contribution in [2.75, 3.05) is 6.61 Å². The average molecular weight is 426 g/mol. The highest BCUT2D eigenvalue weighted by molar-refractivity contribution is 6.32. The Kier molecular flexibility index (Phi) is 6.32. The predicted octanol–water partition coefficient (Wildman–Crippen LogP) is 5.58. The molecular weight excluding hydrogens is 406 g/mol. The van der Waals surface area contributed by atoms with Crippen LogP contribution in [0.25, 0.3) is 5.69 Å².